The van der Waals surface area contributed by atoms with E-state index in [2.05, 4.69) is 34.2 Å². The highest BCUT2D eigenvalue weighted by atomic mass is 35.5. The molecule has 0 unspecified atom stereocenters. The van der Waals surface area contributed by atoms with Crippen LogP contribution >= 0.6 is 23.2 Å². The van der Waals surface area contributed by atoms with E-state index in [-0.39, 0.29) is 23.4 Å². The zero-order chi connectivity index (χ0) is 28.8. The van der Waals surface area contributed by atoms with Crippen molar-refractivity contribution >= 4 is 40.7 Å². The normalized spacial score (nSPS) is 13.8. The topological polar surface area (TPSA) is 107 Å². The summed E-state index contributed by atoms with van der Waals surface area (Å²) in [4.78, 5) is 36.7. The molecule has 0 saturated carbocycles. The molecular formula is C28H31Cl2N7O3. The number of imidazole rings is 1. The molecule has 0 aliphatic carbocycles. The molecule has 1 aromatic heterocycles. The Kier molecular flexibility index (Phi) is 9.66. The maximum atomic E-state index is 13.1. The summed E-state index contributed by atoms with van der Waals surface area (Å²) in [6.07, 6.45) is 1.57. The molecule has 3 aromatic rings. The lowest BCUT2D eigenvalue weighted by molar-refractivity contribution is 0.0630. The molecule has 4 rings (SSSR count). The molecule has 10 nitrogen and oxygen atoms in total. The smallest absolute Gasteiger partial charge is 0.291 e. The van der Waals surface area contributed by atoms with Crippen LogP contribution in [0.4, 0.5) is 5.69 Å². The molecule has 0 bridgehead atoms. The second-order valence-corrected chi connectivity index (χ2v) is 10.5. The van der Waals surface area contributed by atoms with Crippen molar-refractivity contribution in [2.75, 3.05) is 65.3 Å². The zero-order valence-electron chi connectivity index (χ0n) is 22.7. The number of nitrogens with zero attached hydrogens (tertiary/aromatic N) is 6. The number of amides is 2. The zero-order valence-corrected chi connectivity index (χ0v) is 24.2. The van der Waals surface area contributed by atoms with Gasteiger partial charge >= 0.3 is 0 Å². The number of likely N-dealkylation sites (N-methyl/N-ethyl adjacent to an activating group) is 1. The Morgan fingerprint density at radius 2 is 1.85 bits per heavy atom. The number of nitriles is 1. The van der Waals surface area contributed by atoms with Crippen LogP contribution < -0.4 is 10.1 Å². The van der Waals surface area contributed by atoms with Crippen molar-refractivity contribution in [1.29, 1.82) is 5.26 Å². The van der Waals surface area contributed by atoms with Crippen LogP contribution in [0.5, 0.6) is 5.75 Å². The van der Waals surface area contributed by atoms with Crippen molar-refractivity contribution in [2.45, 2.75) is 0 Å². The van der Waals surface area contributed by atoms with Crippen LogP contribution in [-0.4, -0.2) is 96.0 Å². The second-order valence-electron chi connectivity index (χ2n) is 9.70. The lowest BCUT2D eigenvalue weighted by Crippen LogP contribution is -2.50. The molecule has 2 amide bonds. The van der Waals surface area contributed by atoms with Gasteiger partial charge in [0.25, 0.3) is 11.8 Å². The molecule has 2 aromatic carbocycles. The van der Waals surface area contributed by atoms with Gasteiger partial charge in [-0.3, -0.25) is 14.5 Å². The van der Waals surface area contributed by atoms with Crippen LogP contribution in [0, 0.1) is 11.3 Å². The maximum Gasteiger partial charge on any atom is 0.291 e. The Morgan fingerprint density at radius 3 is 2.50 bits per heavy atom. The Labute approximate surface area is 243 Å². The first-order valence-electron chi connectivity index (χ1n) is 12.8. The third-order valence-corrected chi connectivity index (χ3v) is 7.30. The van der Waals surface area contributed by atoms with Gasteiger partial charge < -0.3 is 24.4 Å². The van der Waals surface area contributed by atoms with E-state index in [0.717, 1.165) is 31.7 Å². The number of nitrogens with one attached hydrogen (secondary N) is 1. The summed E-state index contributed by atoms with van der Waals surface area (Å²) < 4.78 is 6.93. The highest BCUT2D eigenvalue weighted by molar-refractivity contribution is 6.34. The van der Waals surface area contributed by atoms with Crippen LogP contribution in [-0.2, 0) is 7.05 Å². The SMILES string of the molecule is CN(C)CCN1CCN(C(=O)c2ccc(NC(=O)c3ncc(-c4ccc(OCC#N)c(Cl)c4)n3C)cc2Cl)CC1. The number of hydrogen-bond donors (Lipinski definition) is 1. The first kappa shape index (κ1) is 29.4. The van der Waals surface area contributed by atoms with E-state index < -0.39 is 5.91 Å². The average Bonchev–Trinajstić information content (AvgIpc) is 3.32. The second kappa shape index (κ2) is 13.2. The molecule has 1 N–H and O–H groups in total. The number of hydrogen-bond acceptors (Lipinski definition) is 7. The molecule has 1 fully saturated rings. The van der Waals surface area contributed by atoms with Crippen LogP contribution in [0.25, 0.3) is 11.3 Å². The van der Waals surface area contributed by atoms with Crippen molar-refractivity contribution in [3.8, 4) is 23.1 Å². The lowest BCUT2D eigenvalue weighted by Gasteiger charge is -2.35. The van der Waals surface area contributed by atoms with Crippen LogP contribution in [0.2, 0.25) is 10.0 Å². The molecule has 12 heteroatoms. The van der Waals surface area contributed by atoms with Gasteiger partial charge in [-0.15, -0.1) is 0 Å². The van der Waals surface area contributed by atoms with E-state index in [4.69, 9.17) is 33.2 Å². The molecule has 40 heavy (non-hydrogen) atoms. The highest BCUT2D eigenvalue weighted by Crippen LogP contribution is 2.31. The van der Waals surface area contributed by atoms with Crippen molar-refractivity contribution in [2.24, 2.45) is 7.05 Å². The minimum atomic E-state index is -0.433. The summed E-state index contributed by atoms with van der Waals surface area (Å²) in [7, 11) is 5.82. The maximum absolute atomic E-state index is 13.1. The number of aromatic nitrogens is 2. The van der Waals surface area contributed by atoms with E-state index in [9.17, 15) is 9.59 Å². The Morgan fingerprint density at radius 1 is 1.10 bits per heavy atom. The molecule has 1 aliphatic rings. The number of ether oxygens (including phenoxy) is 1. The van der Waals surface area contributed by atoms with Crippen LogP contribution in [0.3, 0.4) is 0 Å². The molecule has 210 valence electrons. The Bertz CT molecular complexity index is 1430. The number of piperazine rings is 1. The highest BCUT2D eigenvalue weighted by Gasteiger charge is 2.24. The summed E-state index contributed by atoms with van der Waals surface area (Å²) in [6, 6.07) is 11.9. The number of anilines is 1. The number of carbonyl (C=O) groups excluding carboxylic acids is 2. The monoisotopic (exact) mass is 583 g/mol. The van der Waals surface area contributed by atoms with Gasteiger partial charge in [-0.05, 0) is 50.5 Å². The molecule has 2 heterocycles. The van der Waals surface area contributed by atoms with Gasteiger partial charge in [0.05, 0.1) is 27.5 Å². The van der Waals surface area contributed by atoms with Crippen molar-refractivity contribution in [3.05, 3.63) is 64.0 Å². The first-order valence-corrected chi connectivity index (χ1v) is 13.5. The molecule has 1 aliphatic heterocycles. The van der Waals surface area contributed by atoms with E-state index in [1.54, 1.807) is 54.2 Å². The van der Waals surface area contributed by atoms with Crippen molar-refractivity contribution in [1.82, 2.24) is 24.3 Å². The van der Waals surface area contributed by atoms with Gasteiger partial charge in [0.2, 0.25) is 0 Å². The fourth-order valence-corrected chi connectivity index (χ4v) is 4.91. The number of benzene rings is 2. The van der Waals surface area contributed by atoms with E-state index in [1.165, 1.54) is 0 Å². The van der Waals surface area contributed by atoms with Gasteiger partial charge in [-0.2, -0.15) is 5.26 Å². The number of carbonyl (C=O) groups is 2. The Hall–Kier alpha value is -3.62. The van der Waals surface area contributed by atoms with Gasteiger partial charge in [0.15, 0.2) is 12.4 Å². The largest absolute Gasteiger partial charge is 0.477 e. The van der Waals surface area contributed by atoms with Crippen LogP contribution in [0.1, 0.15) is 21.0 Å². The predicted molar refractivity (Wildman–Crippen MR) is 155 cm³/mol. The molecule has 0 radical (unpaired) electrons. The average molecular weight is 585 g/mol. The minimum Gasteiger partial charge on any atom is -0.477 e. The van der Waals surface area contributed by atoms with Gasteiger partial charge in [0, 0.05) is 57.6 Å². The molecule has 0 spiro atoms. The molecular weight excluding hydrogens is 553 g/mol. The van der Waals surface area contributed by atoms with Gasteiger partial charge in [-0.1, -0.05) is 23.2 Å². The number of halogens is 2. The van der Waals surface area contributed by atoms with Gasteiger partial charge in [0.1, 0.15) is 11.8 Å². The predicted octanol–water partition coefficient (Wildman–Crippen LogP) is 3.87. The summed E-state index contributed by atoms with van der Waals surface area (Å²) >= 11 is 12.8. The lowest BCUT2D eigenvalue weighted by atomic mass is 10.1. The van der Waals surface area contributed by atoms with E-state index >= 15 is 0 Å². The minimum absolute atomic E-state index is 0.109. The third-order valence-electron chi connectivity index (χ3n) is 6.69. The molecule has 0 atom stereocenters. The quantitative estimate of drug-likeness (QED) is 0.407. The summed E-state index contributed by atoms with van der Waals surface area (Å²) in [6.45, 7) is 4.77. The molecule has 1 saturated heterocycles. The summed E-state index contributed by atoms with van der Waals surface area (Å²) in [5.41, 5.74) is 2.25. The standard InChI is InChI=1S/C28H31Cl2N7O3/c1-34(2)9-10-36-11-13-37(14-12-36)28(39)21-6-5-20(17-22(21)29)33-27(38)26-32-18-24(35(26)3)19-4-7-25(23(30)16-19)40-15-8-31/h4-7,16-18H,9-15H2,1-3H3,(H,33,38). The van der Waals surface area contributed by atoms with Crippen molar-refractivity contribution in [3.63, 3.8) is 0 Å². The summed E-state index contributed by atoms with van der Waals surface area (Å²) in [5.74, 6) is 0.0249. The van der Waals surface area contributed by atoms with Gasteiger partial charge in [-0.25, -0.2) is 4.98 Å². The Balaban J connectivity index is 1.39. The van der Waals surface area contributed by atoms with Crippen LogP contribution in [0.15, 0.2) is 42.6 Å². The fourth-order valence-electron chi connectivity index (χ4n) is 4.42. The number of rotatable bonds is 9. The van der Waals surface area contributed by atoms with E-state index in [1.807, 2.05) is 11.0 Å². The fraction of sp³-hybridized carbons (Fsp3) is 0.357. The summed E-state index contributed by atoms with van der Waals surface area (Å²) in [5, 5.41) is 12.1. The third kappa shape index (κ3) is 6.92. The first-order chi connectivity index (χ1) is 19.2. The van der Waals surface area contributed by atoms with Crippen molar-refractivity contribution < 1.29 is 14.3 Å². The van der Waals surface area contributed by atoms with E-state index in [0.29, 0.717) is 40.8 Å².